The van der Waals surface area contributed by atoms with Crippen molar-refractivity contribution >= 4 is 45.8 Å². The average molecular weight is 793 g/mol. The van der Waals surface area contributed by atoms with Crippen molar-refractivity contribution in [1.82, 2.24) is 40.4 Å². The van der Waals surface area contributed by atoms with Crippen molar-refractivity contribution in [2.45, 2.75) is 44.9 Å². The maximum Gasteiger partial charge on any atom is 0.407 e. The number of hydrogen-bond acceptors (Lipinski definition) is 10. The van der Waals surface area contributed by atoms with E-state index < -0.39 is 36.4 Å². The molecule has 4 N–H and O–H groups in total. The molecule has 2 fully saturated rings. The fourth-order valence-electron chi connectivity index (χ4n) is 7.42. The summed E-state index contributed by atoms with van der Waals surface area (Å²) in [6.45, 7) is 11.3. The van der Waals surface area contributed by atoms with Gasteiger partial charge in [0.1, 0.15) is 35.8 Å². The normalized spacial score (nSPS) is 18.2. The van der Waals surface area contributed by atoms with Gasteiger partial charge in [-0.2, -0.15) is 0 Å². The van der Waals surface area contributed by atoms with Crippen LogP contribution >= 0.6 is 0 Å². The maximum absolute atomic E-state index is 13.7. The molecule has 2 saturated heterocycles. The van der Waals surface area contributed by atoms with Crippen molar-refractivity contribution in [3.05, 3.63) is 84.6 Å². The third-order valence-electron chi connectivity index (χ3n) is 10.6. The summed E-state index contributed by atoms with van der Waals surface area (Å²) in [5, 5.41) is 7.34. The van der Waals surface area contributed by atoms with Gasteiger partial charge < -0.3 is 49.3 Å². The molecule has 2 aliphatic heterocycles. The van der Waals surface area contributed by atoms with Crippen LogP contribution in [0.25, 0.3) is 44.2 Å². The molecule has 5 aromatic rings. The summed E-state index contributed by atoms with van der Waals surface area (Å²) in [6, 6.07) is 15.8. The van der Waals surface area contributed by atoms with Gasteiger partial charge in [-0.3, -0.25) is 9.59 Å². The quantitative estimate of drug-likeness (QED) is 0.136. The van der Waals surface area contributed by atoms with E-state index in [0.29, 0.717) is 43.5 Å². The summed E-state index contributed by atoms with van der Waals surface area (Å²) >= 11 is 0. The van der Waals surface area contributed by atoms with E-state index >= 15 is 0 Å². The number of fused-ring (bicyclic) bond motifs is 2. The van der Waals surface area contributed by atoms with Crippen LogP contribution in [0.15, 0.2) is 72.9 Å². The zero-order valence-electron chi connectivity index (χ0n) is 33.2. The minimum atomic E-state index is -0.952. The number of carbonyl (C=O) groups excluding carboxylic acids is 4. The minimum Gasteiger partial charge on any atom is -0.453 e. The fraction of sp³-hybridized carbons (Fsp3) is 0.381. The number of rotatable bonds is 10. The predicted octanol–water partition coefficient (Wildman–Crippen LogP) is 5.25. The van der Waals surface area contributed by atoms with Gasteiger partial charge in [-0.05, 0) is 64.6 Å². The molecule has 58 heavy (non-hydrogen) atoms. The molecule has 0 aliphatic carbocycles. The minimum absolute atomic E-state index is 0.158. The van der Waals surface area contributed by atoms with Gasteiger partial charge >= 0.3 is 12.2 Å². The topological polar surface area (TPSA) is 193 Å². The smallest absolute Gasteiger partial charge is 0.407 e. The fourth-order valence-corrected chi connectivity index (χ4v) is 7.42. The number of nitrogens with zero attached hydrogens (tertiary/aromatic N) is 4. The molecule has 2 aliphatic rings. The summed E-state index contributed by atoms with van der Waals surface area (Å²) < 4.78 is 21.0. The summed E-state index contributed by atoms with van der Waals surface area (Å²) in [6.07, 6.45) is 0.383. The van der Waals surface area contributed by atoms with E-state index in [1.54, 1.807) is 22.9 Å². The molecular weight excluding hydrogens is 745 g/mol. The van der Waals surface area contributed by atoms with Crippen molar-refractivity contribution in [2.24, 2.45) is 5.92 Å². The average Bonchev–Trinajstić information content (AvgIpc) is 3.91. The molecule has 0 saturated carbocycles. The number of imidazole rings is 2. The van der Waals surface area contributed by atoms with Crippen molar-refractivity contribution in [3.8, 4) is 22.4 Å². The second-order valence-electron chi connectivity index (χ2n) is 14.8. The van der Waals surface area contributed by atoms with E-state index in [-0.39, 0.29) is 30.9 Å². The number of aromatic nitrogens is 4. The monoisotopic (exact) mass is 792 g/mol. The summed E-state index contributed by atoms with van der Waals surface area (Å²) in [5.41, 5.74) is 5.77. The number of hydrogen-bond donors (Lipinski definition) is 4. The highest BCUT2D eigenvalue weighted by Crippen LogP contribution is 2.32. The number of nitrogens with one attached hydrogen (secondary N) is 4. The highest BCUT2D eigenvalue weighted by atomic mass is 16.5. The number of ether oxygens (including phenoxy) is 4. The Labute approximate surface area is 335 Å². The summed E-state index contributed by atoms with van der Waals surface area (Å²) in [5.74, 6) is 0.481. The SMILES string of the molecule is C=C(C)[C@H](NC(=O)OC)C(=O)N1CCOC[C@H]1c1nc2ccc(-c3ccc4cc(-c5cnc([C@@H]6COCCN6C(=O)[C@@H](NC(=O)OC)C(C)C)[nH]5)ccc4c3)cc2[nH]1. The number of aromatic amines is 2. The first-order chi connectivity index (χ1) is 27.9. The first-order valence-corrected chi connectivity index (χ1v) is 19.2. The molecule has 4 amide bonds. The van der Waals surface area contributed by atoms with Crippen LogP contribution in [-0.4, -0.2) is 120 Å². The molecule has 0 radical (unpaired) electrons. The van der Waals surface area contributed by atoms with Crippen molar-refractivity contribution in [3.63, 3.8) is 0 Å². The molecule has 4 heterocycles. The van der Waals surface area contributed by atoms with E-state index in [2.05, 4.69) is 62.5 Å². The molecule has 0 bridgehead atoms. The van der Waals surface area contributed by atoms with Gasteiger partial charge in [0, 0.05) is 18.7 Å². The van der Waals surface area contributed by atoms with Gasteiger partial charge in [0.25, 0.3) is 0 Å². The number of carbonyl (C=O) groups is 4. The molecular formula is C42H48N8O8. The third-order valence-corrected chi connectivity index (χ3v) is 10.6. The Bertz CT molecular complexity index is 2350. The molecule has 16 heteroatoms. The largest absolute Gasteiger partial charge is 0.453 e. The van der Waals surface area contributed by atoms with Crippen LogP contribution in [0.4, 0.5) is 9.59 Å². The third kappa shape index (κ3) is 8.24. The Morgan fingerprint density at radius 3 is 2.03 bits per heavy atom. The lowest BCUT2D eigenvalue weighted by molar-refractivity contribution is -0.144. The molecule has 2 aromatic heterocycles. The van der Waals surface area contributed by atoms with Gasteiger partial charge in [-0.25, -0.2) is 19.6 Å². The summed E-state index contributed by atoms with van der Waals surface area (Å²) in [7, 11) is 2.52. The first-order valence-electron chi connectivity index (χ1n) is 19.2. The molecule has 0 spiro atoms. The predicted molar refractivity (Wildman–Crippen MR) is 215 cm³/mol. The number of alkyl carbamates (subject to hydrolysis) is 2. The van der Waals surface area contributed by atoms with E-state index in [1.165, 1.54) is 14.2 Å². The van der Waals surface area contributed by atoms with E-state index in [4.69, 9.17) is 23.9 Å². The number of H-pyrrole nitrogens is 2. The standard InChI is InChI=1S/C42H48N8O8/c1-23(2)35(47-41(53)55-5)39(51)49-13-15-57-21-33(49)37-43-20-32(46-37)29-10-9-25-17-26(7-8-27(25)18-29)28-11-12-30-31(19-28)45-38(44-30)34-22-58-16-14-50(34)40(52)36(24(3)4)48-42(54)56-6/h7-12,17-20,23,33-36H,3,13-16,21-22H2,1-2,4-6H3,(H,43,46)(H,44,45)(H,47,53)(H,48,54)/t33-,34-,35-,36-/m0/s1. The first kappa shape index (κ1) is 40.0. The van der Waals surface area contributed by atoms with Gasteiger partial charge in [-0.1, -0.05) is 50.8 Å². The second-order valence-corrected chi connectivity index (χ2v) is 14.8. The van der Waals surface area contributed by atoms with Crippen molar-refractivity contribution in [1.29, 1.82) is 0 Å². The maximum atomic E-state index is 13.7. The van der Waals surface area contributed by atoms with Gasteiger partial charge in [0.2, 0.25) is 11.8 Å². The van der Waals surface area contributed by atoms with Gasteiger partial charge in [0.05, 0.1) is 63.6 Å². The molecule has 16 nitrogen and oxygen atoms in total. The van der Waals surface area contributed by atoms with Crippen LogP contribution in [0, 0.1) is 5.92 Å². The van der Waals surface area contributed by atoms with Crippen LogP contribution in [0.2, 0.25) is 0 Å². The Hall–Kier alpha value is -6.26. The van der Waals surface area contributed by atoms with Crippen molar-refractivity contribution in [2.75, 3.05) is 53.7 Å². The van der Waals surface area contributed by atoms with Crippen LogP contribution in [-0.2, 0) is 28.5 Å². The lowest BCUT2D eigenvalue weighted by Crippen LogP contribution is -2.54. The van der Waals surface area contributed by atoms with Crippen LogP contribution < -0.4 is 10.6 Å². The number of benzene rings is 3. The lowest BCUT2D eigenvalue weighted by Gasteiger charge is -2.37. The Balaban J connectivity index is 1.09. The molecule has 7 rings (SSSR count). The van der Waals surface area contributed by atoms with Crippen LogP contribution in [0.3, 0.4) is 0 Å². The lowest BCUT2D eigenvalue weighted by atomic mass is 9.99. The number of morpholine rings is 2. The van der Waals surface area contributed by atoms with Gasteiger partial charge in [0.15, 0.2) is 0 Å². The molecule has 3 aromatic carbocycles. The Kier molecular flexibility index (Phi) is 11.8. The van der Waals surface area contributed by atoms with Crippen LogP contribution in [0.1, 0.15) is 44.5 Å². The second kappa shape index (κ2) is 17.1. The van der Waals surface area contributed by atoms with Gasteiger partial charge in [-0.15, -0.1) is 0 Å². The number of methoxy groups -OCH3 is 2. The van der Waals surface area contributed by atoms with E-state index in [1.807, 2.05) is 38.1 Å². The molecule has 4 atom stereocenters. The van der Waals surface area contributed by atoms with E-state index in [0.717, 1.165) is 44.2 Å². The zero-order valence-corrected chi connectivity index (χ0v) is 33.2. The Morgan fingerprint density at radius 1 is 0.793 bits per heavy atom. The Morgan fingerprint density at radius 2 is 1.38 bits per heavy atom. The highest BCUT2D eigenvalue weighted by molar-refractivity contribution is 5.92. The highest BCUT2D eigenvalue weighted by Gasteiger charge is 2.38. The summed E-state index contributed by atoms with van der Waals surface area (Å²) in [4.78, 5) is 71.1. The van der Waals surface area contributed by atoms with Crippen molar-refractivity contribution < 1.29 is 38.1 Å². The van der Waals surface area contributed by atoms with E-state index in [9.17, 15) is 19.2 Å². The zero-order chi connectivity index (χ0) is 41.1. The molecule has 304 valence electrons. The number of amides is 4. The molecule has 0 unspecified atom stereocenters. The van der Waals surface area contributed by atoms with Crippen LogP contribution in [0.5, 0.6) is 0 Å².